The molecule has 0 spiro atoms. The maximum Gasteiger partial charge on any atom is 0.407 e. The molecule has 0 aliphatic carbocycles. The lowest BCUT2D eigenvalue weighted by atomic mass is 10.0. The van der Waals surface area contributed by atoms with Gasteiger partial charge in [-0.15, -0.1) is 12.4 Å². The van der Waals surface area contributed by atoms with Gasteiger partial charge in [0.2, 0.25) is 0 Å². The maximum absolute atomic E-state index is 11.1. The van der Waals surface area contributed by atoms with Crippen LogP contribution in [0.5, 0.6) is 11.5 Å². The molecule has 17 heavy (non-hydrogen) atoms. The summed E-state index contributed by atoms with van der Waals surface area (Å²) in [6.07, 6.45) is 0.172. The fourth-order valence-corrected chi connectivity index (χ4v) is 1.70. The van der Waals surface area contributed by atoms with E-state index in [1.807, 2.05) is 0 Å². The minimum atomic E-state index is -0.460. The molecule has 5 nitrogen and oxygen atoms in total. The van der Waals surface area contributed by atoms with Crippen LogP contribution in [0, 0.1) is 0 Å². The average Bonchev–Trinajstić information content (AvgIpc) is 2.30. The number of carbonyl (C=O) groups is 1. The van der Waals surface area contributed by atoms with Gasteiger partial charge in [-0.2, -0.15) is 0 Å². The number of alkyl carbamates (subject to hydrolysis) is 1. The highest BCUT2D eigenvalue weighted by atomic mass is 35.5. The molecule has 1 aliphatic heterocycles. The third kappa shape index (κ3) is 2.94. The molecule has 0 saturated carbocycles. The summed E-state index contributed by atoms with van der Waals surface area (Å²) in [4.78, 5) is 11.1. The summed E-state index contributed by atoms with van der Waals surface area (Å²) in [5.41, 5.74) is 0.649. The number of aromatic hydroxyl groups is 1. The molecule has 1 heterocycles. The molecule has 6 heteroatoms. The number of amides is 1. The van der Waals surface area contributed by atoms with Crippen LogP contribution >= 0.6 is 12.4 Å². The summed E-state index contributed by atoms with van der Waals surface area (Å²) >= 11 is 0. The first-order chi connectivity index (χ1) is 7.70. The van der Waals surface area contributed by atoms with Gasteiger partial charge in [-0.25, -0.2) is 4.79 Å². The van der Waals surface area contributed by atoms with Crippen LogP contribution in [0.1, 0.15) is 18.0 Å². The van der Waals surface area contributed by atoms with Crippen LogP contribution in [0.2, 0.25) is 0 Å². The third-order valence-corrected chi connectivity index (χ3v) is 2.54. The number of nitrogens with one attached hydrogen (secondary N) is 1. The standard InChI is InChI=1S/C11H13NO4.ClH/c1-15-7-2-3-10(13)8(6-7)9-4-5-16-11(14)12-9;/h2-3,6,9,13H,4-5H2,1H3,(H,12,14);1H/t9-;/m1./s1. The smallest absolute Gasteiger partial charge is 0.407 e. The van der Waals surface area contributed by atoms with Gasteiger partial charge in [0, 0.05) is 12.0 Å². The van der Waals surface area contributed by atoms with Gasteiger partial charge in [-0.1, -0.05) is 0 Å². The number of halogens is 1. The Balaban J connectivity index is 0.00000144. The van der Waals surface area contributed by atoms with Gasteiger partial charge in [0.05, 0.1) is 19.8 Å². The lowest BCUT2D eigenvalue weighted by Gasteiger charge is -2.24. The monoisotopic (exact) mass is 259 g/mol. The molecule has 1 atom stereocenters. The molecule has 2 rings (SSSR count). The van der Waals surface area contributed by atoms with Crippen molar-refractivity contribution >= 4 is 18.5 Å². The Kier molecular flexibility index (Phi) is 4.45. The largest absolute Gasteiger partial charge is 0.508 e. The molecular formula is C11H14ClNO4. The number of hydrogen-bond acceptors (Lipinski definition) is 4. The minimum absolute atomic E-state index is 0. The van der Waals surface area contributed by atoms with Crippen molar-refractivity contribution < 1.29 is 19.4 Å². The molecule has 1 aliphatic rings. The third-order valence-electron chi connectivity index (χ3n) is 2.54. The van der Waals surface area contributed by atoms with Crippen molar-refractivity contribution in [3.8, 4) is 11.5 Å². The van der Waals surface area contributed by atoms with Gasteiger partial charge in [-0.05, 0) is 18.2 Å². The zero-order valence-electron chi connectivity index (χ0n) is 9.30. The number of cyclic esters (lactones) is 1. The van der Waals surface area contributed by atoms with Crippen molar-refractivity contribution in [2.24, 2.45) is 0 Å². The number of rotatable bonds is 2. The highest BCUT2D eigenvalue weighted by Gasteiger charge is 2.23. The SMILES string of the molecule is COc1ccc(O)c([C@H]2CCOC(=O)N2)c1.Cl. The van der Waals surface area contributed by atoms with E-state index in [2.05, 4.69) is 5.32 Å². The predicted octanol–water partition coefficient (Wildman–Crippen LogP) is 1.99. The van der Waals surface area contributed by atoms with Crippen molar-refractivity contribution in [3.63, 3.8) is 0 Å². The number of benzene rings is 1. The second-order valence-corrected chi connectivity index (χ2v) is 3.55. The number of hydrogen-bond donors (Lipinski definition) is 2. The van der Waals surface area contributed by atoms with Crippen LogP contribution in [0.3, 0.4) is 0 Å². The molecule has 0 bridgehead atoms. The van der Waals surface area contributed by atoms with Gasteiger partial charge in [-0.3, -0.25) is 0 Å². The van der Waals surface area contributed by atoms with Crippen molar-refractivity contribution in [1.82, 2.24) is 5.32 Å². The number of phenolic OH excluding ortho intramolecular Hbond substituents is 1. The zero-order valence-corrected chi connectivity index (χ0v) is 10.1. The van der Waals surface area contributed by atoms with Crippen molar-refractivity contribution in [2.45, 2.75) is 12.5 Å². The van der Waals surface area contributed by atoms with Gasteiger partial charge >= 0.3 is 6.09 Å². The van der Waals surface area contributed by atoms with Crippen LogP contribution in [0.4, 0.5) is 4.79 Å². The summed E-state index contributed by atoms with van der Waals surface area (Å²) < 4.78 is 9.84. The van der Waals surface area contributed by atoms with E-state index >= 15 is 0 Å². The minimum Gasteiger partial charge on any atom is -0.508 e. The van der Waals surface area contributed by atoms with E-state index in [0.29, 0.717) is 24.3 Å². The quantitative estimate of drug-likeness (QED) is 0.852. The van der Waals surface area contributed by atoms with E-state index in [-0.39, 0.29) is 24.2 Å². The van der Waals surface area contributed by atoms with Gasteiger partial charge in [0.1, 0.15) is 11.5 Å². The molecule has 1 amide bonds. The molecule has 1 fully saturated rings. The normalized spacial score (nSPS) is 18.6. The van der Waals surface area contributed by atoms with Crippen LogP contribution in [0.25, 0.3) is 0 Å². The van der Waals surface area contributed by atoms with E-state index in [1.165, 1.54) is 0 Å². The number of methoxy groups -OCH3 is 1. The number of carbonyl (C=O) groups excluding carboxylic acids is 1. The van der Waals surface area contributed by atoms with Crippen molar-refractivity contribution in [2.75, 3.05) is 13.7 Å². The fourth-order valence-electron chi connectivity index (χ4n) is 1.70. The summed E-state index contributed by atoms with van der Waals surface area (Å²) in [5, 5.41) is 12.4. The number of phenols is 1. The molecule has 1 saturated heterocycles. The summed E-state index contributed by atoms with van der Waals surface area (Å²) in [6, 6.07) is 4.71. The Morgan fingerprint density at radius 2 is 2.29 bits per heavy atom. The van der Waals surface area contributed by atoms with E-state index in [9.17, 15) is 9.90 Å². The first kappa shape index (κ1) is 13.4. The van der Waals surface area contributed by atoms with E-state index < -0.39 is 6.09 Å². The zero-order chi connectivity index (χ0) is 11.5. The van der Waals surface area contributed by atoms with Crippen molar-refractivity contribution in [1.29, 1.82) is 0 Å². The molecule has 0 aromatic heterocycles. The molecular weight excluding hydrogens is 246 g/mol. The van der Waals surface area contributed by atoms with Gasteiger partial charge in [0.15, 0.2) is 0 Å². The highest BCUT2D eigenvalue weighted by molar-refractivity contribution is 5.85. The Labute approximate surface area is 105 Å². The van der Waals surface area contributed by atoms with Gasteiger partial charge in [0.25, 0.3) is 0 Å². The van der Waals surface area contributed by atoms with E-state index in [4.69, 9.17) is 9.47 Å². The first-order valence-electron chi connectivity index (χ1n) is 5.01. The molecule has 0 radical (unpaired) electrons. The topological polar surface area (TPSA) is 67.8 Å². The Bertz CT molecular complexity index is 410. The Morgan fingerprint density at radius 1 is 1.53 bits per heavy atom. The van der Waals surface area contributed by atoms with Crippen molar-refractivity contribution in [3.05, 3.63) is 23.8 Å². The van der Waals surface area contributed by atoms with Crippen LogP contribution in [-0.4, -0.2) is 24.9 Å². The van der Waals surface area contributed by atoms with E-state index in [0.717, 1.165) is 0 Å². The first-order valence-corrected chi connectivity index (χ1v) is 5.01. The Morgan fingerprint density at radius 3 is 2.94 bits per heavy atom. The summed E-state index contributed by atoms with van der Waals surface area (Å²) in [7, 11) is 1.55. The molecule has 2 N–H and O–H groups in total. The maximum atomic E-state index is 11.1. The molecule has 1 aromatic carbocycles. The van der Waals surface area contributed by atoms with Crippen LogP contribution < -0.4 is 10.1 Å². The molecule has 0 unspecified atom stereocenters. The lowest BCUT2D eigenvalue weighted by molar-refractivity contribution is 0.115. The molecule has 1 aromatic rings. The summed E-state index contributed by atoms with van der Waals surface area (Å²) in [6.45, 7) is 0.354. The predicted molar refractivity (Wildman–Crippen MR) is 63.7 cm³/mol. The lowest BCUT2D eigenvalue weighted by Crippen LogP contribution is -2.35. The molecule has 94 valence electrons. The second kappa shape index (κ2) is 5.63. The van der Waals surface area contributed by atoms with E-state index in [1.54, 1.807) is 25.3 Å². The van der Waals surface area contributed by atoms with Crippen LogP contribution in [0.15, 0.2) is 18.2 Å². The number of ether oxygens (including phenoxy) is 2. The fraction of sp³-hybridized carbons (Fsp3) is 0.364. The van der Waals surface area contributed by atoms with Gasteiger partial charge < -0.3 is 19.9 Å². The highest BCUT2D eigenvalue weighted by Crippen LogP contribution is 2.31. The Hall–Kier alpha value is -1.62. The second-order valence-electron chi connectivity index (χ2n) is 3.55. The summed E-state index contributed by atoms with van der Waals surface area (Å²) in [5.74, 6) is 0.793. The average molecular weight is 260 g/mol. The van der Waals surface area contributed by atoms with Crippen LogP contribution in [-0.2, 0) is 4.74 Å².